The summed E-state index contributed by atoms with van der Waals surface area (Å²) in [5, 5.41) is 0. The first kappa shape index (κ1) is 15.9. The van der Waals surface area contributed by atoms with Crippen molar-refractivity contribution in [3.63, 3.8) is 0 Å². The fourth-order valence-electron chi connectivity index (χ4n) is 1.83. The van der Waals surface area contributed by atoms with Gasteiger partial charge in [-0.05, 0) is 0 Å². The van der Waals surface area contributed by atoms with Crippen LogP contribution in [0.4, 0.5) is 0 Å². The molecular formula is C13H32P2. The van der Waals surface area contributed by atoms with Gasteiger partial charge in [-0.2, -0.15) is 0 Å². The van der Waals surface area contributed by atoms with Gasteiger partial charge in [0, 0.05) is 0 Å². The second-order valence-electron chi connectivity index (χ2n) is 4.58. The average Bonchev–Trinajstić information content (AvgIpc) is 2.26. The van der Waals surface area contributed by atoms with E-state index in [4.69, 9.17) is 0 Å². The zero-order valence-corrected chi connectivity index (χ0v) is 13.4. The Bertz CT molecular complexity index is 92.7. The summed E-state index contributed by atoms with van der Waals surface area (Å²) in [6.07, 6.45) is 16.5. The zero-order valence-electron chi connectivity index (χ0n) is 11.0. The molecule has 0 amide bonds. The molecule has 0 nitrogen and oxygen atoms in total. The van der Waals surface area contributed by atoms with Crippen molar-refractivity contribution in [3.05, 3.63) is 0 Å². The van der Waals surface area contributed by atoms with Crippen molar-refractivity contribution >= 4 is 16.5 Å². The van der Waals surface area contributed by atoms with Crippen LogP contribution in [0.2, 0.25) is 0 Å². The molecule has 15 heavy (non-hydrogen) atoms. The molecule has 0 heterocycles. The van der Waals surface area contributed by atoms with Gasteiger partial charge in [0.15, 0.2) is 0 Å². The maximum atomic E-state index is 2.31. The van der Waals surface area contributed by atoms with E-state index in [9.17, 15) is 0 Å². The first-order valence-electron chi connectivity index (χ1n) is 7.12. The van der Waals surface area contributed by atoms with E-state index in [0.717, 1.165) is 0 Å². The van der Waals surface area contributed by atoms with E-state index < -0.39 is 0 Å². The zero-order chi connectivity index (χ0) is 11.2. The Balaban J connectivity index is 2.81. The van der Waals surface area contributed by atoms with Crippen LogP contribution in [0.25, 0.3) is 0 Å². The van der Waals surface area contributed by atoms with Gasteiger partial charge in [0.25, 0.3) is 0 Å². The van der Waals surface area contributed by atoms with Crippen LogP contribution in [0.3, 0.4) is 0 Å². The van der Waals surface area contributed by atoms with Gasteiger partial charge in [-0.3, -0.25) is 0 Å². The quantitative estimate of drug-likeness (QED) is 0.327. The third-order valence-corrected chi connectivity index (χ3v) is 8.01. The second kappa shape index (κ2) is 14.9. The molecule has 0 spiro atoms. The van der Waals surface area contributed by atoms with Crippen LogP contribution in [0, 0.1) is 0 Å². The van der Waals surface area contributed by atoms with E-state index in [1.54, 1.807) is 12.3 Å². The van der Waals surface area contributed by atoms with E-state index in [2.05, 4.69) is 13.8 Å². The van der Waals surface area contributed by atoms with Crippen LogP contribution >= 0.6 is 16.5 Å². The van der Waals surface area contributed by atoms with E-state index >= 15 is 0 Å². The molecule has 0 aliphatic carbocycles. The molecule has 0 fully saturated rings. The van der Waals surface area contributed by atoms with Crippen LogP contribution in [-0.2, 0) is 0 Å². The Kier molecular flexibility index (Phi) is 15.7. The summed E-state index contributed by atoms with van der Waals surface area (Å²) < 4.78 is 0. The molecule has 0 saturated carbocycles. The van der Waals surface area contributed by atoms with Crippen molar-refractivity contribution in [2.75, 3.05) is 12.3 Å². The van der Waals surface area contributed by atoms with E-state index in [1.165, 1.54) is 66.1 Å². The summed E-state index contributed by atoms with van der Waals surface area (Å²) in [5.74, 6) is 0. The minimum atomic E-state index is 0.375. The number of hydrogen-bond donors (Lipinski definition) is 0. The van der Waals surface area contributed by atoms with Gasteiger partial charge in [0.1, 0.15) is 0 Å². The van der Waals surface area contributed by atoms with Crippen LogP contribution in [0.5, 0.6) is 0 Å². The average molecular weight is 250 g/mol. The third kappa shape index (κ3) is 14.9. The molecule has 0 aromatic rings. The maximum absolute atomic E-state index is 2.31. The summed E-state index contributed by atoms with van der Waals surface area (Å²) in [7, 11) is 1.77. The van der Waals surface area contributed by atoms with Gasteiger partial charge < -0.3 is 0 Å². The van der Waals surface area contributed by atoms with Crippen molar-refractivity contribution in [2.45, 2.75) is 71.6 Å². The van der Waals surface area contributed by atoms with Crippen molar-refractivity contribution in [3.8, 4) is 0 Å². The Morgan fingerprint density at radius 1 is 0.733 bits per heavy atom. The first-order valence-corrected chi connectivity index (χ1v) is 11.7. The number of unbranched alkanes of at least 4 members (excludes halogenated alkanes) is 7. The second-order valence-corrected chi connectivity index (χ2v) is 9.79. The first-order chi connectivity index (χ1) is 7.41. The van der Waals surface area contributed by atoms with Crippen molar-refractivity contribution < 1.29 is 0 Å². The molecule has 0 aliphatic rings. The van der Waals surface area contributed by atoms with Gasteiger partial charge in [0.2, 0.25) is 0 Å². The van der Waals surface area contributed by atoms with E-state index in [1.807, 2.05) is 0 Å². The third-order valence-electron chi connectivity index (χ3n) is 2.91. The summed E-state index contributed by atoms with van der Waals surface area (Å²) in [5.41, 5.74) is 0. The molecule has 0 saturated heterocycles. The van der Waals surface area contributed by atoms with Crippen molar-refractivity contribution in [1.82, 2.24) is 0 Å². The molecule has 2 heteroatoms. The summed E-state index contributed by atoms with van der Waals surface area (Å²) in [4.78, 5) is 0. The molecule has 0 radical (unpaired) electrons. The molecule has 1 atom stereocenters. The SMILES string of the molecule is CCCCCCCCP[PH3]CCCCC. The Labute approximate surface area is 101 Å². The summed E-state index contributed by atoms with van der Waals surface area (Å²) >= 11 is 0. The van der Waals surface area contributed by atoms with Crippen molar-refractivity contribution in [2.24, 2.45) is 0 Å². The molecule has 0 rings (SSSR count). The Morgan fingerprint density at radius 3 is 2.07 bits per heavy atom. The Hall–Kier alpha value is 0.860. The van der Waals surface area contributed by atoms with Crippen LogP contribution < -0.4 is 0 Å². The van der Waals surface area contributed by atoms with Crippen LogP contribution in [0.1, 0.15) is 71.6 Å². The predicted octanol–water partition coefficient (Wildman–Crippen LogP) is 5.27. The summed E-state index contributed by atoms with van der Waals surface area (Å²) in [6.45, 7) is 4.60. The number of hydrogen-bond acceptors (Lipinski definition) is 0. The van der Waals surface area contributed by atoms with Crippen LogP contribution in [0.15, 0.2) is 0 Å². The fourth-order valence-corrected chi connectivity index (χ4v) is 6.44. The van der Waals surface area contributed by atoms with E-state index in [0.29, 0.717) is 8.27 Å². The standard InChI is InChI=1S/C13H32P2/c1-3-5-7-8-9-11-13-15-14-12-10-6-4-2/h15H,3-13H2,1-2,14H3. The fraction of sp³-hybridized carbons (Fsp3) is 1.00. The molecule has 0 N–H and O–H groups in total. The molecule has 0 bridgehead atoms. The van der Waals surface area contributed by atoms with Gasteiger partial charge >= 0.3 is 100 Å². The monoisotopic (exact) mass is 250 g/mol. The molecule has 0 aromatic heterocycles. The molecular weight excluding hydrogens is 218 g/mol. The van der Waals surface area contributed by atoms with Gasteiger partial charge in [0.05, 0.1) is 0 Å². The molecule has 0 aliphatic heterocycles. The number of rotatable bonds is 12. The summed E-state index contributed by atoms with van der Waals surface area (Å²) in [6, 6.07) is 0. The minimum absolute atomic E-state index is 0.375. The van der Waals surface area contributed by atoms with Crippen LogP contribution in [-0.4, -0.2) is 12.3 Å². The van der Waals surface area contributed by atoms with Gasteiger partial charge in [-0.1, -0.05) is 0 Å². The molecule has 0 aromatic carbocycles. The Morgan fingerprint density at radius 2 is 1.33 bits per heavy atom. The normalized spacial score (nSPS) is 11.9. The van der Waals surface area contributed by atoms with Gasteiger partial charge in [-0.25, -0.2) is 0 Å². The molecule has 94 valence electrons. The topological polar surface area (TPSA) is 0 Å². The van der Waals surface area contributed by atoms with Crippen molar-refractivity contribution in [1.29, 1.82) is 0 Å². The van der Waals surface area contributed by atoms with E-state index in [-0.39, 0.29) is 0 Å². The molecule has 1 unspecified atom stereocenters. The van der Waals surface area contributed by atoms with Gasteiger partial charge in [-0.15, -0.1) is 0 Å². The predicted molar refractivity (Wildman–Crippen MR) is 82.1 cm³/mol.